The zero-order valence-corrected chi connectivity index (χ0v) is 18.0. The van der Waals surface area contributed by atoms with Crippen molar-refractivity contribution in [2.75, 3.05) is 6.61 Å². The summed E-state index contributed by atoms with van der Waals surface area (Å²) in [5.41, 5.74) is 2.83. The van der Waals surface area contributed by atoms with Gasteiger partial charge in [-0.15, -0.1) is 0 Å². The minimum atomic E-state index is -0.321. The second-order valence-corrected chi connectivity index (χ2v) is 8.39. The molecule has 28 heavy (non-hydrogen) atoms. The van der Waals surface area contributed by atoms with Gasteiger partial charge in [0.2, 0.25) is 0 Å². The van der Waals surface area contributed by atoms with E-state index >= 15 is 0 Å². The molecule has 1 aromatic heterocycles. The van der Waals surface area contributed by atoms with Crippen molar-refractivity contribution in [3.05, 3.63) is 47.9 Å². The monoisotopic (exact) mass is 385 g/mol. The first kappa shape index (κ1) is 22.4. The molecule has 2 aromatic rings. The molecule has 0 amide bonds. The quantitative estimate of drug-likeness (QED) is 0.354. The lowest BCUT2D eigenvalue weighted by Gasteiger charge is -2.13. The van der Waals surface area contributed by atoms with Gasteiger partial charge in [0, 0.05) is 11.8 Å². The van der Waals surface area contributed by atoms with E-state index in [0.29, 0.717) is 18.3 Å². The summed E-state index contributed by atoms with van der Waals surface area (Å²) in [7, 11) is 0. The van der Waals surface area contributed by atoms with Gasteiger partial charge in [-0.3, -0.25) is 4.98 Å². The molecular formula is C25H36FNO. The predicted molar refractivity (Wildman–Crippen MR) is 116 cm³/mol. The number of nitrogens with zero attached hydrogens (tertiary/aromatic N) is 1. The molecule has 2 rings (SSSR count). The lowest BCUT2D eigenvalue weighted by molar-refractivity contribution is 0.291. The highest BCUT2D eigenvalue weighted by Crippen LogP contribution is 2.25. The maximum atomic E-state index is 14.3. The van der Waals surface area contributed by atoms with E-state index in [0.717, 1.165) is 42.9 Å². The number of rotatable bonds is 12. The Hall–Kier alpha value is -1.90. The van der Waals surface area contributed by atoms with Crippen molar-refractivity contribution in [2.24, 2.45) is 11.8 Å². The summed E-state index contributed by atoms with van der Waals surface area (Å²) in [6.45, 7) is 9.57. The van der Waals surface area contributed by atoms with Crippen molar-refractivity contribution >= 4 is 0 Å². The summed E-state index contributed by atoms with van der Waals surface area (Å²) >= 11 is 0. The molecule has 0 spiro atoms. The number of aromatic nitrogens is 1. The molecule has 0 aliphatic carbocycles. The van der Waals surface area contributed by atoms with Gasteiger partial charge in [0.1, 0.15) is 0 Å². The van der Waals surface area contributed by atoms with Crippen LogP contribution in [0.2, 0.25) is 0 Å². The molecule has 154 valence electrons. The Morgan fingerprint density at radius 3 is 2.46 bits per heavy atom. The van der Waals surface area contributed by atoms with Crippen molar-refractivity contribution in [2.45, 2.75) is 72.6 Å². The molecule has 2 nitrogen and oxygen atoms in total. The van der Waals surface area contributed by atoms with Crippen molar-refractivity contribution in [3.63, 3.8) is 0 Å². The third-order valence-electron chi connectivity index (χ3n) is 5.12. The summed E-state index contributed by atoms with van der Waals surface area (Å²) in [5, 5.41) is 0. The topological polar surface area (TPSA) is 22.1 Å². The fourth-order valence-corrected chi connectivity index (χ4v) is 3.41. The van der Waals surface area contributed by atoms with Gasteiger partial charge in [0.15, 0.2) is 11.6 Å². The Kier molecular flexibility index (Phi) is 9.46. The lowest BCUT2D eigenvalue weighted by Crippen LogP contribution is -2.02. The van der Waals surface area contributed by atoms with Crippen LogP contribution in [0.3, 0.4) is 0 Å². The number of ether oxygens (including phenoxy) is 1. The molecule has 1 unspecified atom stereocenters. The summed E-state index contributed by atoms with van der Waals surface area (Å²) in [5.74, 6) is 1.44. The van der Waals surface area contributed by atoms with E-state index in [9.17, 15) is 4.39 Å². The average Bonchev–Trinajstić information content (AvgIpc) is 2.66. The summed E-state index contributed by atoms with van der Waals surface area (Å²) in [4.78, 5) is 4.56. The van der Waals surface area contributed by atoms with Crippen molar-refractivity contribution in [3.8, 4) is 17.0 Å². The van der Waals surface area contributed by atoms with E-state index in [-0.39, 0.29) is 5.82 Å². The molecule has 0 N–H and O–H groups in total. The van der Waals surface area contributed by atoms with Crippen LogP contribution in [0, 0.1) is 17.7 Å². The third-order valence-corrected chi connectivity index (χ3v) is 5.12. The fourth-order valence-electron chi connectivity index (χ4n) is 3.41. The van der Waals surface area contributed by atoms with E-state index in [1.54, 1.807) is 6.07 Å². The average molecular weight is 386 g/mol. The Labute approximate surface area is 170 Å². The maximum absolute atomic E-state index is 14.3. The van der Waals surface area contributed by atoms with E-state index < -0.39 is 0 Å². The van der Waals surface area contributed by atoms with Crippen LogP contribution in [0.4, 0.5) is 4.39 Å². The van der Waals surface area contributed by atoms with Gasteiger partial charge in [-0.1, -0.05) is 65.9 Å². The van der Waals surface area contributed by atoms with Crippen LogP contribution >= 0.6 is 0 Å². The Balaban J connectivity index is 1.91. The standard InChI is InChI=1S/C25H36FNO/c1-5-6-7-15-28-25-14-12-22(17-23(25)26)24-13-11-21(18-27-24)16-20(4)10-8-9-19(2)3/h11-14,17-20H,5-10,15-16H2,1-4H3. The van der Waals surface area contributed by atoms with Gasteiger partial charge in [0.25, 0.3) is 0 Å². The number of unbranched alkanes of at least 4 members (excludes halogenated alkanes) is 2. The number of benzene rings is 1. The van der Waals surface area contributed by atoms with E-state index in [2.05, 4.69) is 38.7 Å². The van der Waals surface area contributed by atoms with Gasteiger partial charge in [0.05, 0.1) is 12.3 Å². The van der Waals surface area contributed by atoms with Gasteiger partial charge >= 0.3 is 0 Å². The third kappa shape index (κ3) is 7.61. The SMILES string of the molecule is CCCCCOc1ccc(-c2ccc(CC(C)CCCC(C)C)cn2)cc1F. The normalized spacial score (nSPS) is 12.4. The molecule has 0 radical (unpaired) electrons. The lowest BCUT2D eigenvalue weighted by atomic mass is 9.94. The van der Waals surface area contributed by atoms with Gasteiger partial charge in [-0.2, -0.15) is 0 Å². The van der Waals surface area contributed by atoms with Crippen molar-refractivity contribution < 1.29 is 9.13 Å². The van der Waals surface area contributed by atoms with E-state index in [4.69, 9.17) is 4.74 Å². The van der Waals surface area contributed by atoms with Crippen LogP contribution in [-0.4, -0.2) is 11.6 Å². The molecule has 1 aromatic carbocycles. The summed E-state index contributed by atoms with van der Waals surface area (Å²) in [6.07, 6.45) is 10.0. The van der Waals surface area contributed by atoms with Crippen molar-refractivity contribution in [1.82, 2.24) is 4.98 Å². The second kappa shape index (κ2) is 11.8. The highest BCUT2D eigenvalue weighted by Gasteiger charge is 2.09. The van der Waals surface area contributed by atoms with Crippen LogP contribution < -0.4 is 4.74 Å². The number of hydrogen-bond donors (Lipinski definition) is 0. The van der Waals surface area contributed by atoms with Gasteiger partial charge in [-0.05, 0) is 54.5 Å². The van der Waals surface area contributed by atoms with E-state index in [1.165, 1.54) is 30.9 Å². The molecular weight excluding hydrogens is 349 g/mol. The maximum Gasteiger partial charge on any atom is 0.165 e. The first-order valence-corrected chi connectivity index (χ1v) is 10.9. The van der Waals surface area contributed by atoms with Crippen molar-refractivity contribution in [1.29, 1.82) is 0 Å². The minimum Gasteiger partial charge on any atom is -0.491 e. The summed E-state index contributed by atoms with van der Waals surface area (Å²) < 4.78 is 19.9. The Morgan fingerprint density at radius 1 is 1.00 bits per heavy atom. The van der Waals surface area contributed by atoms with Crippen LogP contribution in [0.15, 0.2) is 36.5 Å². The number of hydrogen-bond acceptors (Lipinski definition) is 2. The fraction of sp³-hybridized carbons (Fsp3) is 0.560. The van der Waals surface area contributed by atoms with Crippen LogP contribution in [0.25, 0.3) is 11.3 Å². The molecule has 0 saturated carbocycles. The first-order valence-electron chi connectivity index (χ1n) is 10.9. The summed E-state index contributed by atoms with van der Waals surface area (Å²) in [6, 6.07) is 9.23. The van der Waals surface area contributed by atoms with Gasteiger partial charge < -0.3 is 4.74 Å². The largest absolute Gasteiger partial charge is 0.491 e. The molecule has 3 heteroatoms. The Bertz CT molecular complexity index is 696. The highest BCUT2D eigenvalue weighted by molar-refractivity contribution is 5.60. The molecule has 0 bridgehead atoms. The second-order valence-electron chi connectivity index (χ2n) is 8.39. The van der Waals surface area contributed by atoms with E-state index in [1.807, 2.05) is 18.3 Å². The first-order chi connectivity index (χ1) is 13.5. The van der Waals surface area contributed by atoms with Gasteiger partial charge in [-0.25, -0.2) is 4.39 Å². The highest BCUT2D eigenvalue weighted by atomic mass is 19.1. The predicted octanol–water partition coefficient (Wildman–Crippen LogP) is 7.46. The number of halogens is 1. The minimum absolute atomic E-state index is 0.321. The molecule has 0 aliphatic rings. The molecule has 0 fully saturated rings. The van der Waals surface area contributed by atoms with Crippen LogP contribution in [0.5, 0.6) is 5.75 Å². The zero-order valence-electron chi connectivity index (χ0n) is 18.0. The molecule has 1 heterocycles. The molecule has 0 saturated heterocycles. The molecule has 1 atom stereocenters. The smallest absolute Gasteiger partial charge is 0.165 e. The van der Waals surface area contributed by atoms with Crippen LogP contribution in [-0.2, 0) is 6.42 Å². The van der Waals surface area contributed by atoms with Crippen LogP contribution in [0.1, 0.15) is 71.8 Å². The number of pyridine rings is 1. The molecule has 0 aliphatic heterocycles. The zero-order chi connectivity index (χ0) is 20.4. The Morgan fingerprint density at radius 2 is 1.82 bits per heavy atom.